The smallest absolute Gasteiger partial charge is 0.254 e. The molecule has 2 aromatic rings. The summed E-state index contributed by atoms with van der Waals surface area (Å²) in [5, 5.41) is 1.15. The SMILES string of the molecule is COC1CCN(C(=O)c2ccc(F)c3ccccc23)C1. The van der Waals surface area contributed by atoms with Crippen LogP contribution in [0.4, 0.5) is 4.39 Å². The van der Waals surface area contributed by atoms with Gasteiger partial charge in [-0.15, -0.1) is 0 Å². The molecule has 0 aliphatic carbocycles. The number of fused-ring (bicyclic) bond motifs is 1. The van der Waals surface area contributed by atoms with Gasteiger partial charge in [0.05, 0.1) is 6.10 Å². The minimum atomic E-state index is -0.298. The molecule has 4 heteroatoms. The Morgan fingerprint density at radius 1 is 1.25 bits per heavy atom. The van der Waals surface area contributed by atoms with Crippen molar-refractivity contribution >= 4 is 16.7 Å². The lowest BCUT2D eigenvalue weighted by Gasteiger charge is -2.17. The molecule has 1 aliphatic rings. The molecule has 20 heavy (non-hydrogen) atoms. The van der Waals surface area contributed by atoms with E-state index in [9.17, 15) is 9.18 Å². The zero-order chi connectivity index (χ0) is 14.1. The number of halogens is 1. The van der Waals surface area contributed by atoms with E-state index in [0.717, 1.165) is 6.42 Å². The van der Waals surface area contributed by atoms with Crippen molar-refractivity contribution in [2.45, 2.75) is 12.5 Å². The van der Waals surface area contributed by atoms with Crippen LogP contribution in [0.25, 0.3) is 10.8 Å². The second-order valence-corrected chi connectivity index (χ2v) is 5.04. The first-order chi connectivity index (χ1) is 9.70. The zero-order valence-electron chi connectivity index (χ0n) is 11.3. The monoisotopic (exact) mass is 273 g/mol. The summed E-state index contributed by atoms with van der Waals surface area (Å²) >= 11 is 0. The fourth-order valence-corrected chi connectivity index (χ4v) is 2.72. The number of carbonyl (C=O) groups excluding carboxylic acids is 1. The average Bonchev–Trinajstić information content (AvgIpc) is 2.96. The summed E-state index contributed by atoms with van der Waals surface area (Å²) in [7, 11) is 1.66. The summed E-state index contributed by atoms with van der Waals surface area (Å²) in [5.41, 5.74) is 0.554. The number of hydrogen-bond acceptors (Lipinski definition) is 2. The van der Waals surface area contributed by atoms with E-state index in [1.54, 1.807) is 36.3 Å². The predicted molar refractivity (Wildman–Crippen MR) is 75.2 cm³/mol. The van der Waals surface area contributed by atoms with Crippen molar-refractivity contribution < 1.29 is 13.9 Å². The molecule has 104 valence electrons. The number of hydrogen-bond donors (Lipinski definition) is 0. The Kier molecular flexibility index (Phi) is 3.40. The van der Waals surface area contributed by atoms with Gasteiger partial charge in [0.15, 0.2) is 0 Å². The Labute approximate surface area is 116 Å². The average molecular weight is 273 g/mol. The molecule has 3 rings (SSSR count). The van der Waals surface area contributed by atoms with Crippen LogP contribution in [0.2, 0.25) is 0 Å². The standard InChI is InChI=1S/C16H16FNO2/c1-20-11-8-9-18(10-11)16(19)14-6-7-15(17)13-5-3-2-4-12(13)14/h2-7,11H,8-10H2,1H3. The third kappa shape index (κ3) is 2.16. The number of carbonyl (C=O) groups is 1. The molecule has 1 fully saturated rings. The summed E-state index contributed by atoms with van der Waals surface area (Å²) in [6, 6.07) is 10.0. The Morgan fingerprint density at radius 2 is 2.00 bits per heavy atom. The first-order valence-corrected chi connectivity index (χ1v) is 6.70. The number of benzene rings is 2. The van der Waals surface area contributed by atoms with Crippen LogP contribution in [-0.2, 0) is 4.74 Å². The number of ether oxygens (including phenoxy) is 1. The van der Waals surface area contributed by atoms with E-state index in [-0.39, 0.29) is 17.8 Å². The van der Waals surface area contributed by atoms with Gasteiger partial charge >= 0.3 is 0 Å². The van der Waals surface area contributed by atoms with E-state index in [4.69, 9.17) is 4.74 Å². The maximum atomic E-state index is 13.8. The second-order valence-electron chi connectivity index (χ2n) is 5.04. The maximum absolute atomic E-state index is 13.8. The van der Waals surface area contributed by atoms with Crippen LogP contribution in [0.15, 0.2) is 36.4 Å². The van der Waals surface area contributed by atoms with Crippen LogP contribution >= 0.6 is 0 Å². The van der Waals surface area contributed by atoms with E-state index < -0.39 is 0 Å². The number of likely N-dealkylation sites (tertiary alicyclic amines) is 1. The van der Waals surface area contributed by atoms with Crippen molar-refractivity contribution in [1.29, 1.82) is 0 Å². The summed E-state index contributed by atoms with van der Waals surface area (Å²) in [6.07, 6.45) is 0.951. The molecule has 1 heterocycles. The van der Waals surface area contributed by atoms with Crippen molar-refractivity contribution in [1.82, 2.24) is 4.90 Å². The summed E-state index contributed by atoms with van der Waals surface area (Å²) < 4.78 is 19.1. The van der Waals surface area contributed by atoms with E-state index in [2.05, 4.69) is 0 Å². The summed E-state index contributed by atoms with van der Waals surface area (Å²) in [6.45, 7) is 1.28. The van der Waals surface area contributed by atoms with Crippen LogP contribution in [-0.4, -0.2) is 37.1 Å². The Morgan fingerprint density at radius 3 is 2.70 bits per heavy atom. The highest BCUT2D eigenvalue weighted by atomic mass is 19.1. The van der Waals surface area contributed by atoms with Crippen LogP contribution < -0.4 is 0 Å². The van der Waals surface area contributed by atoms with Gasteiger partial charge in [-0.3, -0.25) is 4.79 Å². The molecule has 2 aromatic carbocycles. The fraction of sp³-hybridized carbons (Fsp3) is 0.312. The van der Waals surface area contributed by atoms with E-state index >= 15 is 0 Å². The van der Waals surface area contributed by atoms with Gasteiger partial charge in [0.1, 0.15) is 5.82 Å². The number of rotatable bonds is 2. The van der Waals surface area contributed by atoms with Crippen molar-refractivity contribution in [3.63, 3.8) is 0 Å². The predicted octanol–water partition coefficient (Wildman–Crippen LogP) is 2.84. The van der Waals surface area contributed by atoms with E-state index in [0.29, 0.717) is 29.4 Å². The lowest BCUT2D eigenvalue weighted by molar-refractivity contribution is 0.0726. The highest BCUT2D eigenvalue weighted by Crippen LogP contribution is 2.24. The third-order valence-electron chi connectivity index (χ3n) is 3.87. The van der Waals surface area contributed by atoms with Gasteiger partial charge in [-0.2, -0.15) is 0 Å². The van der Waals surface area contributed by atoms with E-state index in [1.165, 1.54) is 6.07 Å². The normalized spacial score (nSPS) is 18.7. The maximum Gasteiger partial charge on any atom is 0.254 e. The Hall–Kier alpha value is -1.94. The van der Waals surface area contributed by atoms with Gasteiger partial charge in [0.2, 0.25) is 0 Å². The highest BCUT2D eigenvalue weighted by molar-refractivity contribution is 6.07. The molecular formula is C16H16FNO2. The van der Waals surface area contributed by atoms with Gasteiger partial charge in [0.25, 0.3) is 5.91 Å². The molecule has 1 amide bonds. The topological polar surface area (TPSA) is 29.5 Å². The molecule has 0 bridgehead atoms. The van der Waals surface area contributed by atoms with Gasteiger partial charge in [-0.1, -0.05) is 24.3 Å². The van der Waals surface area contributed by atoms with Gasteiger partial charge < -0.3 is 9.64 Å². The molecule has 0 radical (unpaired) electrons. The van der Waals surface area contributed by atoms with Crippen LogP contribution in [0.1, 0.15) is 16.8 Å². The van der Waals surface area contributed by atoms with Crippen LogP contribution in [0, 0.1) is 5.82 Å². The molecule has 3 nitrogen and oxygen atoms in total. The molecule has 0 spiro atoms. The van der Waals surface area contributed by atoms with Gasteiger partial charge in [-0.25, -0.2) is 4.39 Å². The minimum Gasteiger partial charge on any atom is -0.380 e. The lowest BCUT2D eigenvalue weighted by atomic mass is 10.0. The largest absolute Gasteiger partial charge is 0.380 e. The van der Waals surface area contributed by atoms with Crippen LogP contribution in [0.3, 0.4) is 0 Å². The minimum absolute atomic E-state index is 0.0549. The molecule has 0 saturated carbocycles. The molecular weight excluding hydrogens is 257 g/mol. The lowest BCUT2D eigenvalue weighted by Crippen LogP contribution is -2.30. The summed E-state index contributed by atoms with van der Waals surface area (Å²) in [5.74, 6) is -0.353. The molecule has 1 aliphatic heterocycles. The first-order valence-electron chi connectivity index (χ1n) is 6.70. The third-order valence-corrected chi connectivity index (χ3v) is 3.87. The molecule has 0 N–H and O–H groups in total. The van der Waals surface area contributed by atoms with E-state index in [1.807, 2.05) is 6.07 Å². The van der Waals surface area contributed by atoms with Crippen LogP contribution in [0.5, 0.6) is 0 Å². The number of amides is 1. The zero-order valence-corrected chi connectivity index (χ0v) is 11.3. The summed E-state index contributed by atoms with van der Waals surface area (Å²) in [4.78, 5) is 14.4. The highest BCUT2D eigenvalue weighted by Gasteiger charge is 2.27. The number of methoxy groups -OCH3 is 1. The van der Waals surface area contributed by atoms with Crippen molar-refractivity contribution in [3.05, 3.63) is 47.8 Å². The van der Waals surface area contributed by atoms with Gasteiger partial charge in [-0.05, 0) is 23.9 Å². The molecule has 1 atom stereocenters. The molecule has 1 saturated heterocycles. The van der Waals surface area contributed by atoms with Crippen molar-refractivity contribution in [3.8, 4) is 0 Å². The fourth-order valence-electron chi connectivity index (χ4n) is 2.72. The van der Waals surface area contributed by atoms with Crippen molar-refractivity contribution in [2.24, 2.45) is 0 Å². The molecule has 1 unspecified atom stereocenters. The first kappa shape index (κ1) is 13.1. The Balaban J connectivity index is 1.98. The Bertz CT molecular complexity index is 656. The van der Waals surface area contributed by atoms with Crippen molar-refractivity contribution in [2.75, 3.05) is 20.2 Å². The van der Waals surface area contributed by atoms with Gasteiger partial charge in [0, 0.05) is 31.1 Å². The quantitative estimate of drug-likeness (QED) is 0.842. The molecule has 0 aromatic heterocycles. The second kappa shape index (κ2) is 5.21. The number of nitrogens with zero attached hydrogens (tertiary/aromatic N) is 1.